The van der Waals surface area contributed by atoms with E-state index in [4.69, 9.17) is 4.42 Å². The van der Waals surface area contributed by atoms with E-state index >= 15 is 0 Å². The molecule has 3 aromatic rings. The molecule has 0 spiro atoms. The maximum absolute atomic E-state index is 12.0. The molecule has 0 atom stereocenters. The first kappa shape index (κ1) is 12.9. The average Bonchev–Trinajstić information content (AvgIpc) is 2.77. The fourth-order valence-electron chi connectivity index (χ4n) is 2.05. The molecule has 0 fully saturated rings. The van der Waals surface area contributed by atoms with Crippen LogP contribution in [0.3, 0.4) is 0 Å². The smallest absolute Gasteiger partial charge is 0.406 e. The van der Waals surface area contributed by atoms with Crippen molar-refractivity contribution in [1.82, 2.24) is 4.57 Å². The number of hydrogen-bond donors (Lipinski definition) is 0. The zero-order valence-corrected chi connectivity index (χ0v) is 12.2. The highest BCUT2D eigenvalue weighted by Gasteiger charge is 2.15. The zero-order chi connectivity index (χ0) is 13.9. The van der Waals surface area contributed by atoms with Gasteiger partial charge in [0.25, 0.3) is 0 Å². The van der Waals surface area contributed by atoms with Crippen molar-refractivity contribution in [3.63, 3.8) is 0 Å². The van der Waals surface area contributed by atoms with Gasteiger partial charge < -0.3 is 4.42 Å². The van der Waals surface area contributed by atoms with E-state index in [0.29, 0.717) is 16.9 Å². The SMILES string of the molecule is O=c1oc(-c2ccccc2)c(Br)n1Cc1ccccc1. The highest BCUT2D eigenvalue weighted by atomic mass is 79.9. The van der Waals surface area contributed by atoms with Gasteiger partial charge in [0.05, 0.1) is 6.54 Å². The Balaban J connectivity index is 2.02. The second-order valence-electron chi connectivity index (χ2n) is 4.43. The molecule has 1 aromatic heterocycles. The van der Waals surface area contributed by atoms with Gasteiger partial charge in [-0.05, 0) is 21.5 Å². The molecular formula is C16H12BrNO2. The number of nitrogens with zero attached hydrogens (tertiary/aromatic N) is 1. The van der Waals surface area contributed by atoms with Crippen LogP contribution in [0.15, 0.2) is 74.5 Å². The Morgan fingerprint density at radius 1 is 0.950 bits per heavy atom. The molecule has 20 heavy (non-hydrogen) atoms. The number of halogens is 1. The Hall–Kier alpha value is -2.07. The van der Waals surface area contributed by atoms with Gasteiger partial charge in [-0.25, -0.2) is 4.79 Å². The summed E-state index contributed by atoms with van der Waals surface area (Å²) in [6.45, 7) is 0.483. The second-order valence-corrected chi connectivity index (χ2v) is 5.18. The second kappa shape index (κ2) is 5.51. The van der Waals surface area contributed by atoms with Crippen LogP contribution in [0.1, 0.15) is 5.56 Å². The molecule has 100 valence electrons. The number of oxazole rings is 1. The molecule has 1 heterocycles. The van der Waals surface area contributed by atoms with Gasteiger partial charge >= 0.3 is 5.76 Å². The molecule has 3 rings (SSSR count). The average molecular weight is 330 g/mol. The van der Waals surface area contributed by atoms with Crippen LogP contribution in [0.4, 0.5) is 0 Å². The highest BCUT2D eigenvalue weighted by molar-refractivity contribution is 9.10. The first-order valence-corrected chi connectivity index (χ1v) is 7.03. The predicted molar refractivity (Wildman–Crippen MR) is 81.6 cm³/mol. The van der Waals surface area contributed by atoms with Crippen LogP contribution >= 0.6 is 15.9 Å². The van der Waals surface area contributed by atoms with Crippen molar-refractivity contribution >= 4 is 15.9 Å². The number of benzene rings is 2. The van der Waals surface area contributed by atoms with Gasteiger partial charge in [0.1, 0.15) is 4.60 Å². The molecule has 4 heteroatoms. The van der Waals surface area contributed by atoms with E-state index in [1.165, 1.54) is 0 Å². The molecule has 0 saturated carbocycles. The minimum atomic E-state index is -0.361. The fourth-order valence-corrected chi connectivity index (χ4v) is 2.63. The van der Waals surface area contributed by atoms with Gasteiger partial charge in [-0.1, -0.05) is 60.7 Å². The lowest BCUT2D eigenvalue weighted by atomic mass is 10.2. The highest BCUT2D eigenvalue weighted by Crippen LogP contribution is 2.27. The molecular weight excluding hydrogens is 318 g/mol. The molecule has 0 aliphatic heterocycles. The van der Waals surface area contributed by atoms with E-state index in [-0.39, 0.29) is 5.76 Å². The van der Waals surface area contributed by atoms with Crippen molar-refractivity contribution in [2.24, 2.45) is 0 Å². The molecule has 0 unspecified atom stereocenters. The third-order valence-corrected chi connectivity index (χ3v) is 3.84. The van der Waals surface area contributed by atoms with Crippen molar-refractivity contribution in [3.05, 3.63) is 81.4 Å². The van der Waals surface area contributed by atoms with Crippen LogP contribution in [0.2, 0.25) is 0 Å². The van der Waals surface area contributed by atoms with Gasteiger partial charge in [0.2, 0.25) is 0 Å². The number of aromatic nitrogens is 1. The van der Waals surface area contributed by atoms with Crippen molar-refractivity contribution in [1.29, 1.82) is 0 Å². The van der Waals surface area contributed by atoms with E-state index in [2.05, 4.69) is 15.9 Å². The van der Waals surface area contributed by atoms with E-state index in [1.54, 1.807) is 4.57 Å². The maximum atomic E-state index is 12.0. The Bertz CT molecular complexity index is 760. The van der Waals surface area contributed by atoms with E-state index in [0.717, 1.165) is 11.1 Å². The van der Waals surface area contributed by atoms with Crippen LogP contribution in [-0.2, 0) is 6.54 Å². The van der Waals surface area contributed by atoms with Gasteiger partial charge in [0.15, 0.2) is 5.76 Å². The van der Waals surface area contributed by atoms with Gasteiger partial charge in [0, 0.05) is 5.56 Å². The van der Waals surface area contributed by atoms with E-state index in [9.17, 15) is 4.79 Å². The van der Waals surface area contributed by atoms with Crippen LogP contribution in [0, 0.1) is 0 Å². The maximum Gasteiger partial charge on any atom is 0.420 e. The monoisotopic (exact) mass is 329 g/mol. The Labute approximate surface area is 124 Å². The summed E-state index contributed by atoms with van der Waals surface area (Å²) in [5, 5.41) is 0. The first-order chi connectivity index (χ1) is 9.75. The van der Waals surface area contributed by atoms with Crippen LogP contribution in [0.25, 0.3) is 11.3 Å². The van der Waals surface area contributed by atoms with E-state index in [1.807, 2.05) is 60.7 Å². The molecule has 2 aromatic carbocycles. The normalized spacial score (nSPS) is 10.7. The van der Waals surface area contributed by atoms with Gasteiger partial charge in [-0.2, -0.15) is 0 Å². The van der Waals surface area contributed by atoms with Crippen molar-refractivity contribution in [3.8, 4) is 11.3 Å². The molecule has 0 aliphatic rings. The summed E-state index contributed by atoms with van der Waals surface area (Å²) in [5.74, 6) is 0.200. The minimum Gasteiger partial charge on any atom is -0.406 e. The van der Waals surface area contributed by atoms with Crippen molar-refractivity contribution in [2.75, 3.05) is 0 Å². The topological polar surface area (TPSA) is 35.1 Å². The van der Waals surface area contributed by atoms with Gasteiger partial charge in [-0.3, -0.25) is 4.57 Å². The lowest BCUT2D eigenvalue weighted by Gasteiger charge is -2.02. The van der Waals surface area contributed by atoms with Crippen LogP contribution in [-0.4, -0.2) is 4.57 Å². The fraction of sp³-hybridized carbons (Fsp3) is 0.0625. The van der Waals surface area contributed by atoms with Crippen LogP contribution < -0.4 is 5.76 Å². The Morgan fingerprint density at radius 3 is 2.20 bits per heavy atom. The largest absolute Gasteiger partial charge is 0.420 e. The standard InChI is InChI=1S/C16H12BrNO2/c17-15-14(13-9-5-2-6-10-13)20-16(19)18(15)11-12-7-3-1-4-8-12/h1-10H,11H2. The first-order valence-electron chi connectivity index (χ1n) is 6.24. The molecule has 0 N–H and O–H groups in total. The molecule has 0 aliphatic carbocycles. The van der Waals surface area contributed by atoms with Crippen molar-refractivity contribution < 1.29 is 4.42 Å². The molecule has 0 saturated heterocycles. The molecule has 0 amide bonds. The molecule has 3 nitrogen and oxygen atoms in total. The summed E-state index contributed by atoms with van der Waals surface area (Å²) in [5.41, 5.74) is 1.93. The summed E-state index contributed by atoms with van der Waals surface area (Å²) in [4.78, 5) is 12.0. The third kappa shape index (κ3) is 2.47. The summed E-state index contributed by atoms with van der Waals surface area (Å²) in [6.07, 6.45) is 0. The summed E-state index contributed by atoms with van der Waals surface area (Å²) in [7, 11) is 0. The summed E-state index contributed by atoms with van der Waals surface area (Å²) < 4.78 is 7.61. The lowest BCUT2D eigenvalue weighted by molar-refractivity contribution is 0.497. The quantitative estimate of drug-likeness (QED) is 0.730. The van der Waals surface area contributed by atoms with Crippen LogP contribution in [0.5, 0.6) is 0 Å². The van der Waals surface area contributed by atoms with Crippen molar-refractivity contribution in [2.45, 2.75) is 6.54 Å². The Morgan fingerprint density at radius 2 is 1.55 bits per heavy atom. The van der Waals surface area contributed by atoms with Gasteiger partial charge in [-0.15, -0.1) is 0 Å². The minimum absolute atomic E-state index is 0.361. The zero-order valence-electron chi connectivity index (χ0n) is 10.6. The lowest BCUT2D eigenvalue weighted by Crippen LogP contribution is -2.15. The molecule has 0 bridgehead atoms. The molecule has 0 radical (unpaired) electrons. The predicted octanol–water partition coefficient (Wildman–Crippen LogP) is 3.92. The number of rotatable bonds is 3. The summed E-state index contributed by atoms with van der Waals surface area (Å²) >= 11 is 3.47. The number of hydrogen-bond acceptors (Lipinski definition) is 2. The summed E-state index contributed by atoms with van der Waals surface area (Å²) in [6, 6.07) is 19.4. The Kier molecular flexibility index (Phi) is 3.56. The third-order valence-electron chi connectivity index (χ3n) is 3.05. The van der Waals surface area contributed by atoms with E-state index < -0.39 is 0 Å².